The Morgan fingerprint density at radius 3 is 2.67 bits per heavy atom. The van der Waals surface area contributed by atoms with Crippen molar-refractivity contribution in [2.24, 2.45) is 0 Å². The summed E-state index contributed by atoms with van der Waals surface area (Å²) in [5, 5.41) is 12.5. The van der Waals surface area contributed by atoms with E-state index in [1.807, 2.05) is 6.07 Å². The van der Waals surface area contributed by atoms with Gasteiger partial charge in [-0.1, -0.05) is 30.3 Å². The molecule has 0 saturated carbocycles. The van der Waals surface area contributed by atoms with Crippen molar-refractivity contribution in [2.45, 2.75) is 25.3 Å². The van der Waals surface area contributed by atoms with Crippen LogP contribution in [0.1, 0.15) is 27.9 Å². The minimum Gasteiger partial charge on any atom is -0.478 e. The zero-order chi connectivity index (χ0) is 14.8. The third-order valence-corrected chi connectivity index (χ3v) is 4.04. The van der Waals surface area contributed by atoms with Crippen molar-refractivity contribution < 1.29 is 9.90 Å². The molecule has 0 aromatic heterocycles. The lowest BCUT2D eigenvalue weighted by molar-refractivity contribution is 0.0698. The van der Waals surface area contributed by atoms with Crippen molar-refractivity contribution in [3.8, 4) is 0 Å². The summed E-state index contributed by atoms with van der Waals surface area (Å²) in [4.78, 5) is 11.1. The smallest absolute Gasteiger partial charge is 0.337 e. The van der Waals surface area contributed by atoms with Crippen molar-refractivity contribution in [3.05, 3.63) is 59.2 Å². The summed E-state index contributed by atoms with van der Waals surface area (Å²) in [6.45, 7) is 0. The SMILES string of the molecule is Nc1c(NC2CCc3ccccc3C2)cccc1C(=O)O. The minimum absolute atomic E-state index is 0.149. The van der Waals surface area contributed by atoms with Gasteiger partial charge < -0.3 is 16.2 Å². The summed E-state index contributed by atoms with van der Waals surface area (Å²) in [7, 11) is 0. The molecule has 0 aliphatic heterocycles. The zero-order valence-corrected chi connectivity index (χ0v) is 11.7. The number of fused-ring (bicyclic) bond motifs is 1. The van der Waals surface area contributed by atoms with E-state index in [1.165, 1.54) is 17.2 Å². The number of benzene rings is 2. The predicted molar refractivity (Wildman–Crippen MR) is 83.7 cm³/mol. The number of hydrogen-bond acceptors (Lipinski definition) is 3. The number of nitrogen functional groups attached to an aromatic ring is 1. The summed E-state index contributed by atoms with van der Waals surface area (Å²) in [6.07, 6.45) is 2.99. The van der Waals surface area contributed by atoms with Crippen molar-refractivity contribution in [1.29, 1.82) is 0 Å². The lowest BCUT2D eigenvalue weighted by Crippen LogP contribution is -2.27. The standard InChI is InChI=1S/C17H18N2O2/c18-16-14(17(20)21)6-3-7-15(16)19-13-9-8-11-4-1-2-5-12(11)10-13/h1-7,13,19H,8-10,18H2,(H,20,21). The number of carbonyl (C=O) groups is 1. The van der Waals surface area contributed by atoms with Gasteiger partial charge in [0.1, 0.15) is 0 Å². The predicted octanol–water partition coefficient (Wildman–Crippen LogP) is 2.94. The molecule has 108 valence electrons. The minimum atomic E-state index is -0.995. The Labute approximate surface area is 123 Å². The molecule has 2 aromatic rings. The summed E-state index contributed by atoms with van der Waals surface area (Å²) in [6, 6.07) is 13.8. The molecule has 1 atom stereocenters. The fourth-order valence-corrected chi connectivity index (χ4v) is 2.92. The lowest BCUT2D eigenvalue weighted by atomic mass is 9.88. The van der Waals surface area contributed by atoms with Crippen LogP contribution in [0.15, 0.2) is 42.5 Å². The average molecular weight is 282 g/mol. The molecule has 1 unspecified atom stereocenters. The van der Waals surface area contributed by atoms with Crippen molar-refractivity contribution in [2.75, 3.05) is 11.1 Å². The molecule has 0 heterocycles. The van der Waals surface area contributed by atoms with Gasteiger partial charge in [-0.2, -0.15) is 0 Å². The van der Waals surface area contributed by atoms with E-state index in [-0.39, 0.29) is 11.6 Å². The summed E-state index contributed by atoms with van der Waals surface area (Å²) >= 11 is 0. The highest BCUT2D eigenvalue weighted by Gasteiger charge is 2.19. The number of para-hydroxylation sites is 1. The second-order valence-electron chi connectivity index (χ2n) is 5.42. The molecule has 0 spiro atoms. The molecule has 4 heteroatoms. The topological polar surface area (TPSA) is 75.3 Å². The van der Waals surface area contributed by atoms with E-state index >= 15 is 0 Å². The molecular formula is C17H18N2O2. The van der Waals surface area contributed by atoms with E-state index < -0.39 is 5.97 Å². The second-order valence-corrected chi connectivity index (χ2v) is 5.42. The average Bonchev–Trinajstić information content (AvgIpc) is 2.49. The molecule has 21 heavy (non-hydrogen) atoms. The first-order valence-corrected chi connectivity index (χ1v) is 7.10. The molecule has 0 radical (unpaired) electrons. The number of anilines is 2. The van der Waals surface area contributed by atoms with E-state index in [1.54, 1.807) is 6.07 Å². The Morgan fingerprint density at radius 2 is 1.90 bits per heavy atom. The van der Waals surface area contributed by atoms with Gasteiger partial charge >= 0.3 is 5.97 Å². The van der Waals surface area contributed by atoms with Gasteiger partial charge in [-0.15, -0.1) is 0 Å². The van der Waals surface area contributed by atoms with Gasteiger partial charge in [0.25, 0.3) is 0 Å². The molecule has 1 aliphatic carbocycles. The first-order chi connectivity index (χ1) is 10.1. The number of aromatic carboxylic acids is 1. The molecule has 1 aliphatic rings. The Morgan fingerprint density at radius 1 is 1.14 bits per heavy atom. The van der Waals surface area contributed by atoms with Crippen LogP contribution in [0.3, 0.4) is 0 Å². The molecule has 0 amide bonds. The van der Waals surface area contributed by atoms with Crippen LogP contribution in [-0.2, 0) is 12.8 Å². The third kappa shape index (κ3) is 2.70. The molecule has 3 rings (SSSR count). The fraction of sp³-hybridized carbons (Fsp3) is 0.235. The monoisotopic (exact) mass is 282 g/mol. The van der Waals surface area contributed by atoms with Gasteiger partial charge in [0, 0.05) is 6.04 Å². The van der Waals surface area contributed by atoms with Gasteiger partial charge in [-0.25, -0.2) is 4.79 Å². The zero-order valence-electron chi connectivity index (χ0n) is 11.7. The molecule has 0 saturated heterocycles. The van der Waals surface area contributed by atoms with Gasteiger partial charge in [0.2, 0.25) is 0 Å². The van der Waals surface area contributed by atoms with Crippen LogP contribution in [0, 0.1) is 0 Å². The maximum atomic E-state index is 11.1. The number of nitrogens with one attached hydrogen (secondary N) is 1. The number of aryl methyl sites for hydroxylation is 1. The maximum Gasteiger partial charge on any atom is 0.337 e. The van der Waals surface area contributed by atoms with E-state index in [0.717, 1.165) is 19.3 Å². The van der Waals surface area contributed by atoms with Crippen LogP contribution in [0.4, 0.5) is 11.4 Å². The highest BCUT2D eigenvalue weighted by molar-refractivity contribution is 5.97. The highest BCUT2D eigenvalue weighted by Crippen LogP contribution is 2.27. The third-order valence-electron chi connectivity index (χ3n) is 4.04. The second kappa shape index (κ2) is 5.48. The number of nitrogens with two attached hydrogens (primary N) is 1. The van der Waals surface area contributed by atoms with Crippen LogP contribution in [0.2, 0.25) is 0 Å². The quantitative estimate of drug-likeness (QED) is 0.757. The number of carboxylic acid groups (broad SMARTS) is 1. The Kier molecular flexibility index (Phi) is 3.52. The lowest BCUT2D eigenvalue weighted by Gasteiger charge is -2.27. The normalized spacial score (nSPS) is 17.0. The van der Waals surface area contributed by atoms with E-state index in [9.17, 15) is 4.79 Å². The van der Waals surface area contributed by atoms with Crippen LogP contribution >= 0.6 is 0 Å². The summed E-state index contributed by atoms with van der Waals surface area (Å²) in [5.74, 6) is -0.995. The molecule has 0 fully saturated rings. The fourth-order valence-electron chi connectivity index (χ4n) is 2.92. The van der Waals surface area contributed by atoms with Gasteiger partial charge in [-0.3, -0.25) is 0 Å². The van der Waals surface area contributed by atoms with Crippen LogP contribution in [0.5, 0.6) is 0 Å². The van der Waals surface area contributed by atoms with Crippen molar-refractivity contribution in [3.63, 3.8) is 0 Å². The van der Waals surface area contributed by atoms with Crippen molar-refractivity contribution in [1.82, 2.24) is 0 Å². The molecule has 0 bridgehead atoms. The van der Waals surface area contributed by atoms with E-state index in [0.29, 0.717) is 11.4 Å². The van der Waals surface area contributed by atoms with Crippen LogP contribution < -0.4 is 11.1 Å². The molecule has 4 N–H and O–H groups in total. The molecule has 2 aromatic carbocycles. The van der Waals surface area contributed by atoms with Gasteiger partial charge in [-0.05, 0) is 42.5 Å². The first-order valence-electron chi connectivity index (χ1n) is 7.10. The number of hydrogen-bond donors (Lipinski definition) is 3. The Bertz CT molecular complexity index is 682. The maximum absolute atomic E-state index is 11.1. The van der Waals surface area contributed by atoms with Gasteiger partial charge in [0.05, 0.1) is 16.9 Å². The van der Waals surface area contributed by atoms with Crippen molar-refractivity contribution >= 4 is 17.3 Å². The number of carboxylic acids is 1. The number of rotatable bonds is 3. The summed E-state index contributed by atoms with van der Waals surface area (Å²) in [5.41, 5.74) is 9.88. The van der Waals surface area contributed by atoms with E-state index in [2.05, 4.69) is 29.6 Å². The first kappa shape index (κ1) is 13.5. The largest absolute Gasteiger partial charge is 0.478 e. The Balaban J connectivity index is 1.80. The van der Waals surface area contributed by atoms with Crippen LogP contribution in [0.25, 0.3) is 0 Å². The Hall–Kier alpha value is -2.49. The highest BCUT2D eigenvalue weighted by atomic mass is 16.4. The van der Waals surface area contributed by atoms with Crippen LogP contribution in [-0.4, -0.2) is 17.1 Å². The molecule has 4 nitrogen and oxygen atoms in total. The molecular weight excluding hydrogens is 264 g/mol. The van der Waals surface area contributed by atoms with Gasteiger partial charge in [0.15, 0.2) is 0 Å². The summed E-state index contributed by atoms with van der Waals surface area (Å²) < 4.78 is 0. The van der Waals surface area contributed by atoms with E-state index in [4.69, 9.17) is 10.8 Å².